The van der Waals surface area contributed by atoms with E-state index in [0.29, 0.717) is 6.61 Å². The number of amides is 1. The van der Waals surface area contributed by atoms with Crippen molar-refractivity contribution in [3.63, 3.8) is 0 Å². The zero-order chi connectivity index (χ0) is 15.5. The molecule has 1 amide bonds. The van der Waals surface area contributed by atoms with E-state index in [4.69, 9.17) is 9.88 Å². The van der Waals surface area contributed by atoms with Crippen LogP contribution in [0.4, 0.5) is 10.1 Å². The maximum absolute atomic E-state index is 13.2. The van der Waals surface area contributed by atoms with Crippen molar-refractivity contribution in [2.75, 3.05) is 11.9 Å². The minimum Gasteiger partial charge on any atom is -0.378 e. The molecule has 1 heterocycles. The Morgan fingerprint density at radius 2 is 2.19 bits per heavy atom. The molecule has 0 aromatic heterocycles. The summed E-state index contributed by atoms with van der Waals surface area (Å²) in [6, 6.07) is 2.93. The quantitative estimate of drug-likeness (QED) is 0.876. The molecule has 0 radical (unpaired) electrons. The second-order valence-electron chi connectivity index (χ2n) is 4.93. The van der Waals surface area contributed by atoms with Crippen molar-refractivity contribution >= 4 is 21.6 Å². The van der Waals surface area contributed by atoms with Gasteiger partial charge in [0.25, 0.3) is 0 Å². The van der Waals surface area contributed by atoms with E-state index >= 15 is 0 Å². The third kappa shape index (κ3) is 4.48. The summed E-state index contributed by atoms with van der Waals surface area (Å²) < 4.78 is 41.5. The van der Waals surface area contributed by atoms with Crippen molar-refractivity contribution in [1.29, 1.82) is 0 Å². The smallest absolute Gasteiger partial charge is 0.240 e. The van der Waals surface area contributed by atoms with Crippen LogP contribution in [0.2, 0.25) is 0 Å². The first-order chi connectivity index (χ1) is 9.86. The summed E-state index contributed by atoms with van der Waals surface area (Å²) in [7, 11) is -4.04. The fraction of sp³-hybridized carbons (Fsp3) is 0.462. The Bertz CT molecular complexity index is 627. The van der Waals surface area contributed by atoms with E-state index in [1.807, 2.05) is 0 Å². The Morgan fingerprint density at radius 1 is 1.43 bits per heavy atom. The molecule has 6 nitrogen and oxygen atoms in total. The van der Waals surface area contributed by atoms with Crippen LogP contribution in [0.25, 0.3) is 0 Å². The molecular formula is C13H17FN2O4S. The van der Waals surface area contributed by atoms with Crippen molar-refractivity contribution in [2.24, 2.45) is 5.14 Å². The topological polar surface area (TPSA) is 98.5 Å². The Morgan fingerprint density at radius 3 is 2.81 bits per heavy atom. The molecule has 1 aliphatic rings. The van der Waals surface area contributed by atoms with Gasteiger partial charge in [-0.2, -0.15) is 0 Å². The largest absolute Gasteiger partial charge is 0.378 e. The highest BCUT2D eigenvalue weighted by Gasteiger charge is 2.20. The second kappa shape index (κ2) is 6.50. The number of hydrogen-bond donors (Lipinski definition) is 2. The van der Waals surface area contributed by atoms with Gasteiger partial charge in [0, 0.05) is 6.61 Å². The zero-order valence-electron chi connectivity index (χ0n) is 11.3. The number of rotatable bonds is 4. The van der Waals surface area contributed by atoms with Crippen LogP contribution in [-0.2, 0) is 19.6 Å². The molecule has 8 heteroatoms. The van der Waals surface area contributed by atoms with E-state index in [1.54, 1.807) is 0 Å². The molecular weight excluding hydrogens is 299 g/mol. The molecule has 1 fully saturated rings. The summed E-state index contributed by atoms with van der Waals surface area (Å²) >= 11 is 0. The summed E-state index contributed by atoms with van der Waals surface area (Å²) in [5.74, 6) is -1.09. The molecule has 1 saturated heterocycles. The molecule has 1 atom stereocenters. The average molecular weight is 316 g/mol. The van der Waals surface area contributed by atoms with Crippen LogP contribution in [0, 0.1) is 5.82 Å². The standard InChI is InChI=1S/C13H17FN2O4S/c14-9-4-5-12(21(15,18)19)11(7-9)16-13(17)8-10-3-1-2-6-20-10/h4-5,7,10H,1-3,6,8H2,(H,16,17)(H2,15,18,19). The van der Waals surface area contributed by atoms with Crippen LogP contribution in [0.5, 0.6) is 0 Å². The number of halogens is 1. The monoisotopic (exact) mass is 316 g/mol. The van der Waals surface area contributed by atoms with E-state index in [9.17, 15) is 17.6 Å². The van der Waals surface area contributed by atoms with Crippen LogP contribution in [0.15, 0.2) is 23.1 Å². The molecule has 1 aliphatic heterocycles. The Balaban J connectivity index is 2.11. The van der Waals surface area contributed by atoms with E-state index in [1.165, 1.54) is 0 Å². The van der Waals surface area contributed by atoms with Crippen molar-refractivity contribution in [1.82, 2.24) is 0 Å². The maximum Gasteiger partial charge on any atom is 0.240 e. The first-order valence-corrected chi connectivity index (χ1v) is 8.15. The number of nitrogens with one attached hydrogen (secondary N) is 1. The van der Waals surface area contributed by atoms with Crippen molar-refractivity contribution in [2.45, 2.75) is 36.7 Å². The molecule has 1 aromatic carbocycles. The van der Waals surface area contributed by atoms with Gasteiger partial charge in [-0.3, -0.25) is 4.79 Å². The number of anilines is 1. The highest BCUT2D eigenvalue weighted by molar-refractivity contribution is 7.89. The van der Waals surface area contributed by atoms with Crippen molar-refractivity contribution in [3.8, 4) is 0 Å². The normalized spacial score (nSPS) is 19.2. The number of nitrogens with two attached hydrogens (primary N) is 1. The number of benzene rings is 1. The minimum absolute atomic E-state index is 0.0978. The fourth-order valence-corrected chi connectivity index (χ4v) is 2.90. The Hall–Kier alpha value is -1.51. The number of carbonyl (C=O) groups is 1. The van der Waals surface area contributed by atoms with Crippen LogP contribution >= 0.6 is 0 Å². The summed E-state index contributed by atoms with van der Waals surface area (Å²) in [4.78, 5) is 11.6. The summed E-state index contributed by atoms with van der Waals surface area (Å²) in [6.45, 7) is 0.611. The van der Waals surface area contributed by atoms with E-state index in [2.05, 4.69) is 5.32 Å². The maximum atomic E-state index is 13.2. The van der Waals surface area contributed by atoms with Gasteiger partial charge in [-0.05, 0) is 37.5 Å². The molecule has 21 heavy (non-hydrogen) atoms. The number of sulfonamides is 1. The van der Waals surface area contributed by atoms with Gasteiger partial charge in [0.1, 0.15) is 10.7 Å². The van der Waals surface area contributed by atoms with E-state index < -0.39 is 21.7 Å². The molecule has 116 valence electrons. The van der Waals surface area contributed by atoms with Gasteiger partial charge < -0.3 is 10.1 Å². The number of hydrogen-bond acceptors (Lipinski definition) is 4. The van der Waals surface area contributed by atoms with Gasteiger partial charge in [0.05, 0.1) is 18.2 Å². The van der Waals surface area contributed by atoms with Gasteiger partial charge in [-0.1, -0.05) is 0 Å². The van der Waals surface area contributed by atoms with Gasteiger partial charge in [-0.25, -0.2) is 17.9 Å². The predicted octanol–water partition coefficient (Wildman–Crippen LogP) is 1.37. The lowest BCUT2D eigenvalue weighted by atomic mass is 10.1. The lowest BCUT2D eigenvalue weighted by Gasteiger charge is -2.22. The Kier molecular flexibility index (Phi) is 4.92. The first kappa shape index (κ1) is 15.9. The highest BCUT2D eigenvalue weighted by atomic mass is 32.2. The second-order valence-corrected chi connectivity index (χ2v) is 6.46. The van der Waals surface area contributed by atoms with Gasteiger partial charge >= 0.3 is 0 Å². The number of carbonyl (C=O) groups excluding carboxylic acids is 1. The lowest BCUT2D eigenvalue weighted by molar-refractivity contribution is -0.119. The fourth-order valence-electron chi connectivity index (χ4n) is 2.22. The van der Waals surface area contributed by atoms with Gasteiger partial charge in [0.15, 0.2) is 0 Å². The number of ether oxygens (including phenoxy) is 1. The lowest BCUT2D eigenvalue weighted by Crippen LogP contribution is -2.26. The van der Waals surface area contributed by atoms with Crippen LogP contribution < -0.4 is 10.5 Å². The highest BCUT2D eigenvalue weighted by Crippen LogP contribution is 2.22. The Labute approximate surface area is 122 Å². The molecule has 0 spiro atoms. The summed E-state index contributed by atoms with van der Waals surface area (Å²) in [5, 5.41) is 7.43. The molecule has 0 bridgehead atoms. The molecule has 0 aliphatic carbocycles. The summed E-state index contributed by atoms with van der Waals surface area (Å²) in [6.07, 6.45) is 2.64. The average Bonchev–Trinajstić information content (AvgIpc) is 2.38. The van der Waals surface area contributed by atoms with Gasteiger partial charge in [0.2, 0.25) is 15.9 Å². The third-order valence-electron chi connectivity index (χ3n) is 3.21. The van der Waals surface area contributed by atoms with Crippen molar-refractivity contribution in [3.05, 3.63) is 24.0 Å². The van der Waals surface area contributed by atoms with Gasteiger partial charge in [-0.15, -0.1) is 0 Å². The molecule has 1 aromatic rings. The first-order valence-electron chi connectivity index (χ1n) is 6.60. The van der Waals surface area contributed by atoms with E-state index in [0.717, 1.165) is 37.5 Å². The van der Waals surface area contributed by atoms with Crippen molar-refractivity contribution < 1.29 is 22.3 Å². The van der Waals surface area contributed by atoms with Crippen LogP contribution in [0.3, 0.4) is 0 Å². The van der Waals surface area contributed by atoms with E-state index in [-0.39, 0.29) is 23.1 Å². The van der Waals surface area contributed by atoms with Crippen LogP contribution in [-0.4, -0.2) is 27.0 Å². The third-order valence-corrected chi connectivity index (χ3v) is 4.18. The number of primary sulfonamides is 1. The summed E-state index contributed by atoms with van der Waals surface area (Å²) in [5.41, 5.74) is -0.154. The molecule has 3 N–H and O–H groups in total. The predicted molar refractivity (Wildman–Crippen MR) is 74.6 cm³/mol. The molecule has 1 unspecified atom stereocenters. The SMILES string of the molecule is NS(=O)(=O)c1ccc(F)cc1NC(=O)CC1CCCCO1. The zero-order valence-corrected chi connectivity index (χ0v) is 12.2. The molecule has 0 saturated carbocycles. The molecule has 2 rings (SSSR count). The minimum atomic E-state index is -4.04. The van der Waals surface area contributed by atoms with Crippen LogP contribution in [0.1, 0.15) is 25.7 Å².